The number of β-amino-alcohol motifs (C(OH)–C–C–N with tert-alkyl or cyclic N) is 1. The Morgan fingerprint density at radius 1 is 1.34 bits per heavy atom. The summed E-state index contributed by atoms with van der Waals surface area (Å²) in [6.07, 6.45) is -3.12. The standard InChI is InChI=1S/C20H35N3O9/c1-11(9-24)3-2-4-13(18(29)30)14-8-23(20(21)22-14)7-12(25)5-6-31-19-17(28)16(27)15(26)10-32-19/h3,12-17,19,24-28H,2,4-10H2,1H3,(H2,21,22)(H,29,30)/t12-,13-,14+,15-,16+,17-,19+/m1/s1. The summed E-state index contributed by atoms with van der Waals surface area (Å²) < 4.78 is 10.5. The van der Waals surface area contributed by atoms with Gasteiger partial charge in [-0.3, -0.25) is 4.79 Å². The highest BCUT2D eigenvalue weighted by atomic mass is 16.7. The van der Waals surface area contributed by atoms with Gasteiger partial charge >= 0.3 is 5.97 Å². The number of rotatable bonds is 12. The van der Waals surface area contributed by atoms with Crippen molar-refractivity contribution in [3.8, 4) is 0 Å². The van der Waals surface area contributed by atoms with E-state index in [1.807, 2.05) is 0 Å². The molecule has 1 saturated heterocycles. The van der Waals surface area contributed by atoms with Crippen LogP contribution in [0.4, 0.5) is 0 Å². The zero-order valence-corrected chi connectivity index (χ0v) is 18.2. The van der Waals surface area contributed by atoms with Crippen LogP contribution in [-0.4, -0.2) is 117 Å². The first-order valence-electron chi connectivity index (χ1n) is 10.7. The summed E-state index contributed by atoms with van der Waals surface area (Å²) in [5.74, 6) is -1.56. The Balaban J connectivity index is 1.78. The lowest BCUT2D eigenvalue weighted by atomic mass is 9.94. The summed E-state index contributed by atoms with van der Waals surface area (Å²) in [6, 6.07) is -0.544. The minimum Gasteiger partial charge on any atom is -0.481 e. The number of allylic oxidation sites excluding steroid dienone is 1. The van der Waals surface area contributed by atoms with E-state index in [0.717, 1.165) is 5.57 Å². The fraction of sp³-hybridized carbons (Fsp3) is 0.800. The molecule has 0 unspecified atom stereocenters. The molecule has 0 aromatic carbocycles. The third-order valence-electron chi connectivity index (χ3n) is 5.65. The molecule has 12 heteroatoms. The van der Waals surface area contributed by atoms with Crippen molar-refractivity contribution in [2.24, 2.45) is 16.6 Å². The molecule has 2 aliphatic heterocycles. The fourth-order valence-electron chi connectivity index (χ4n) is 3.64. The largest absolute Gasteiger partial charge is 0.481 e. The molecule has 2 heterocycles. The second-order valence-corrected chi connectivity index (χ2v) is 8.25. The number of hydrogen-bond donors (Lipinski definition) is 7. The Labute approximate surface area is 186 Å². The van der Waals surface area contributed by atoms with Gasteiger partial charge in [-0.05, 0) is 26.2 Å². The van der Waals surface area contributed by atoms with Crippen molar-refractivity contribution in [3.05, 3.63) is 11.6 Å². The van der Waals surface area contributed by atoms with Gasteiger partial charge in [0.15, 0.2) is 12.2 Å². The molecule has 2 aliphatic rings. The Bertz CT molecular complexity index is 675. The van der Waals surface area contributed by atoms with E-state index in [-0.39, 0.29) is 45.3 Å². The van der Waals surface area contributed by atoms with E-state index >= 15 is 0 Å². The molecule has 12 nitrogen and oxygen atoms in total. The smallest absolute Gasteiger partial charge is 0.308 e. The van der Waals surface area contributed by atoms with Crippen LogP contribution in [0.3, 0.4) is 0 Å². The first kappa shape index (κ1) is 26.5. The normalized spacial score (nSPS) is 30.8. The number of ether oxygens (including phenoxy) is 2. The number of aliphatic imine (C=N–C) groups is 1. The number of hydrogen-bond acceptors (Lipinski definition) is 11. The van der Waals surface area contributed by atoms with Crippen LogP contribution < -0.4 is 5.73 Å². The average Bonchev–Trinajstić information content (AvgIpc) is 3.10. The highest BCUT2D eigenvalue weighted by molar-refractivity contribution is 5.81. The number of carboxylic acid groups (broad SMARTS) is 1. The maximum atomic E-state index is 11.7. The van der Waals surface area contributed by atoms with Gasteiger partial charge in [0.05, 0.1) is 37.9 Å². The van der Waals surface area contributed by atoms with E-state index in [2.05, 4.69) is 4.99 Å². The van der Waals surface area contributed by atoms with Gasteiger partial charge in [0.2, 0.25) is 0 Å². The molecule has 0 radical (unpaired) electrons. The molecular weight excluding hydrogens is 426 g/mol. The van der Waals surface area contributed by atoms with Crippen LogP contribution in [0.5, 0.6) is 0 Å². The van der Waals surface area contributed by atoms with Crippen molar-refractivity contribution in [2.75, 3.05) is 32.9 Å². The van der Waals surface area contributed by atoms with Gasteiger partial charge in [-0.15, -0.1) is 0 Å². The summed E-state index contributed by atoms with van der Waals surface area (Å²) in [6.45, 7) is 1.93. The summed E-state index contributed by atoms with van der Waals surface area (Å²) in [7, 11) is 0. The summed E-state index contributed by atoms with van der Waals surface area (Å²) >= 11 is 0. The van der Waals surface area contributed by atoms with Crippen molar-refractivity contribution in [2.45, 2.75) is 62.9 Å². The Hall–Kier alpha value is -1.80. The van der Waals surface area contributed by atoms with Crippen molar-refractivity contribution < 1.29 is 44.9 Å². The van der Waals surface area contributed by atoms with Gasteiger partial charge in [-0.2, -0.15) is 0 Å². The van der Waals surface area contributed by atoms with E-state index in [9.17, 15) is 30.3 Å². The highest BCUT2D eigenvalue weighted by Gasteiger charge is 2.38. The first-order valence-corrected chi connectivity index (χ1v) is 10.7. The van der Waals surface area contributed by atoms with E-state index in [1.165, 1.54) is 0 Å². The molecular formula is C20H35N3O9. The number of carbonyl (C=O) groups is 1. The van der Waals surface area contributed by atoms with Crippen molar-refractivity contribution in [1.82, 2.24) is 4.90 Å². The number of carboxylic acids is 1. The van der Waals surface area contributed by atoms with Crippen molar-refractivity contribution >= 4 is 11.9 Å². The topological polar surface area (TPSA) is 199 Å². The maximum Gasteiger partial charge on any atom is 0.308 e. The van der Waals surface area contributed by atoms with Crippen LogP contribution in [0, 0.1) is 5.92 Å². The Morgan fingerprint density at radius 2 is 2.06 bits per heavy atom. The highest BCUT2D eigenvalue weighted by Crippen LogP contribution is 2.22. The molecule has 0 saturated carbocycles. The quantitative estimate of drug-likeness (QED) is 0.153. The predicted molar refractivity (Wildman–Crippen MR) is 113 cm³/mol. The molecule has 1 fully saturated rings. The number of aliphatic hydroxyl groups excluding tert-OH is 5. The van der Waals surface area contributed by atoms with Crippen LogP contribution in [0.2, 0.25) is 0 Å². The SMILES string of the molecule is CC(=CCC[C@@H](C(=O)O)[C@@H]1CN(C[C@H](O)CCO[C@H]2OC[C@@H](O)[C@H](O)[C@H]2O)C(N)=N1)CO. The van der Waals surface area contributed by atoms with Crippen LogP contribution >= 0.6 is 0 Å². The van der Waals surface area contributed by atoms with E-state index < -0.39 is 48.6 Å². The van der Waals surface area contributed by atoms with Crippen LogP contribution in [0.15, 0.2) is 16.6 Å². The van der Waals surface area contributed by atoms with Gasteiger partial charge in [0, 0.05) is 13.1 Å². The second-order valence-electron chi connectivity index (χ2n) is 8.25. The minimum atomic E-state index is -1.40. The van der Waals surface area contributed by atoms with E-state index in [1.54, 1.807) is 17.9 Å². The third-order valence-corrected chi connectivity index (χ3v) is 5.65. The number of nitrogens with zero attached hydrogens (tertiary/aromatic N) is 2. The number of aliphatic carboxylic acids is 1. The van der Waals surface area contributed by atoms with Crippen LogP contribution in [-0.2, 0) is 14.3 Å². The Morgan fingerprint density at radius 3 is 2.72 bits per heavy atom. The van der Waals surface area contributed by atoms with Gasteiger partial charge in [-0.1, -0.05) is 11.6 Å². The predicted octanol–water partition coefficient (Wildman–Crippen LogP) is -2.39. The zero-order chi connectivity index (χ0) is 23.8. The molecule has 0 spiro atoms. The average molecular weight is 462 g/mol. The Kier molecular flexibility index (Phi) is 10.3. The molecule has 0 amide bonds. The van der Waals surface area contributed by atoms with Gasteiger partial charge in [0.1, 0.15) is 18.3 Å². The van der Waals surface area contributed by atoms with Crippen LogP contribution in [0.25, 0.3) is 0 Å². The molecule has 184 valence electrons. The first-order chi connectivity index (χ1) is 15.1. The van der Waals surface area contributed by atoms with Gasteiger partial charge < -0.3 is 50.7 Å². The fourth-order valence-corrected chi connectivity index (χ4v) is 3.64. The maximum absolute atomic E-state index is 11.7. The molecule has 0 bridgehead atoms. The minimum absolute atomic E-state index is 0.0221. The monoisotopic (exact) mass is 461 g/mol. The molecule has 0 aliphatic carbocycles. The van der Waals surface area contributed by atoms with E-state index in [0.29, 0.717) is 12.8 Å². The number of aliphatic hydroxyl groups is 5. The molecule has 32 heavy (non-hydrogen) atoms. The summed E-state index contributed by atoms with van der Waals surface area (Å²) in [4.78, 5) is 17.6. The lowest BCUT2D eigenvalue weighted by Crippen LogP contribution is -2.53. The number of guanidine groups is 1. The lowest BCUT2D eigenvalue weighted by molar-refractivity contribution is -0.270. The zero-order valence-electron chi connectivity index (χ0n) is 18.2. The molecule has 0 aromatic heterocycles. The second kappa shape index (κ2) is 12.4. The third kappa shape index (κ3) is 7.37. The molecule has 8 N–H and O–H groups in total. The summed E-state index contributed by atoms with van der Waals surface area (Å²) in [5, 5.41) is 57.8. The van der Waals surface area contributed by atoms with Crippen molar-refractivity contribution in [3.63, 3.8) is 0 Å². The molecule has 7 atom stereocenters. The molecule has 0 aromatic rings. The number of nitrogens with two attached hydrogens (primary N) is 1. The van der Waals surface area contributed by atoms with Crippen molar-refractivity contribution in [1.29, 1.82) is 0 Å². The summed E-state index contributed by atoms with van der Waals surface area (Å²) in [5.41, 5.74) is 6.71. The van der Waals surface area contributed by atoms with Gasteiger partial charge in [-0.25, -0.2) is 4.99 Å². The lowest BCUT2D eigenvalue weighted by Gasteiger charge is -2.35. The van der Waals surface area contributed by atoms with Gasteiger partial charge in [0.25, 0.3) is 0 Å². The molecule has 2 rings (SSSR count). The van der Waals surface area contributed by atoms with Crippen LogP contribution in [0.1, 0.15) is 26.2 Å². The van der Waals surface area contributed by atoms with E-state index in [4.69, 9.17) is 20.3 Å².